The first-order chi connectivity index (χ1) is 22.1. The highest BCUT2D eigenvalue weighted by Crippen LogP contribution is 2.44. The quantitative estimate of drug-likeness (QED) is 0.285. The van der Waals surface area contributed by atoms with Gasteiger partial charge < -0.3 is 19.3 Å². The first-order valence-electron chi connectivity index (χ1n) is 16.2. The number of halogens is 1. The molecule has 3 aromatic rings. The molecule has 9 nitrogen and oxygen atoms in total. The van der Waals surface area contributed by atoms with Crippen molar-refractivity contribution in [1.29, 1.82) is 0 Å². The third kappa shape index (κ3) is 6.67. The number of carbonyl (C=O) groups excluding carboxylic acids is 2. The van der Waals surface area contributed by atoms with Gasteiger partial charge in [0.1, 0.15) is 5.82 Å². The van der Waals surface area contributed by atoms with Crippen molar-refractivity contribution in [1.82, 2.24) is 14.8 Å². The van der Waals surface area contributed by atoms with Gasteiger partial charge in [-0.1, -0.05) is 23.7 Å². The Bertz CT molecular complexity index is 1560. The van der Waals surface area contributed by atoms with E-state index in [1.54, 1.807) is 7.11 Å². The lowest BCUT2D eigenvalue weighted by atomic mass is 9.85. The fraction of sp³-hybridized carbons (Fsp3) is 0.472. The molecule has 3 heterocycles. The number of aromatic nitrogens is 1. The molecule has 2 amide bonds. The zero-order valence-corrected chi connectivity index (χ0v) is 28.2. The Hall–Kier alpha value is -3.82. The second-order valence-corrected chi connectivity index (χ2v) is 13.6. The summed E-state index contributed by atoms with van der Waals surface area (Å²) in [6.07, 6.45) is 6.52. The van der Waals surface area contributed by atoms with Crippen LogP contribution in [0.1, 0.15) is 62.3 Å². The third-order valence-electron chi connectivity index (χ3n) is 9.56. The SMILES string of the molecule is COc1cc2c(cc1OC(C)C)[C@H](c1ccc(Cl)cc1)N(c1ccc(N(C)CC3CCC(N4CC(=O)N(C)C4)CC3)nc1)C(=O)C2. The number of likely N-dealkylation sites (N-methyl/N-ethyl adjacent to an activating group) is 1. The molecule has 2 aliphatic heterocycles. The summed E-state index contributed by atoms with van der Waals surface area (Å²) in [5.41, 5.74) is 3.58. The maximum absolute atomic E-state index is 13.9. The number of hydrogen-bond donors (Lipinski definition) is 0. The number of carbonyl (C=O) groups is 2. The summed E-state index contributed by atoms with van der Waals surface area (Å²) < 4.78 is 11.8. The van der Waals surface area contributed by atoms with E-state index in [1.807, 2.05) is 85.4 Å². The normalized spacial score (nSPS) is 21.9. The van der Waals surface area contributed by atoms with Gasteiger partial charge in [0.05, 0.1) is 50.8 Å². The molecule has 0 N–H and O–H groups in total. The number of anilines is 2. The van der Waals surface area contributed by atoms with Crippen LogP contribution in [0, 0.1) is 5.92 Å². The van der Waals surface area contributed by atoms with E-state index in [-0.39, 0.29) is 30.4 Å². The van der Waals surface area contributed by atoms with Crippen LogP contribution in [0.3, 0.4) is 0 Å². The molecule has 0 radical (unpaired) electrons. The number of nitrogens with zero attached hydrogens (tertiary/aromatic N) is 5. The lowest BCUT2D eigenvalue weighted by molar-refractivity contribution is -0.125. The molecule has 6 rings (SSSR count). The van der Waals surface area contributed by atoms with Gasteiger partial charge in [-0.2, -0.15) is 0 Å². The minimum Gasteiger partial charge on any atom is -0.493 e. The van der Waals surface area contributed by atoms with Crippen molar-refractivity contribution in [3.63, 3.8) is 0 Å². The molecule has 1 saturated carbocycles. The molecule has 1 aliphatic carbocycles. The minimum atomic E-state index is -0.389. The van der Waals surface area contributed by atoms with Crippen molar-refractivity contribution < 1.29 is 19.1 Å². The molecule has 2 aromatic carbocycles. The maximum Gasteiger partial charge on any atom is 0.237 e. The highest BCUT2D eigenvalue weighted by Gasteiger charge is 2.37. The van der Waals surface area contributed by atoms with Gasteiger partial charge in [0, 0.05) is 31.7 Å². The number of ether oxygens (including phenoxy) is 2. The second-order valence-electron chi connectivity index (χ2n) is 13.2. The van der Waals surface area contributed by atoms with Crippen molar-refractivity contribution >= 4 is 34.9 Å². The molecule has 3 aliphatic rings. The maximum atomic E-state index is 13.9. The molecule has 1 atom stereocenters. The Labute approximate surface area is 277 Å². The average Bonchev–Trinajstić information content (AvgIpc) is 3.38. The average molecular weight is 646 g/mol. The van der Waals surface area contributed by atoms with Gasteiger partial charge in [0.2, 0.25) is 11.8 Å². The van der Waals surface area contributed by atoms with Crippen LogP contribution in [-0.2, 0) is 16.0 Å². The van der Waals surface area contributed by atoms with Gasteiger partial charge in [-0.05, 0) is 98.5 Å². The Morgan fingerprint density at radius 3 is 2.35 bits per heavy atom. The Kier molecular flexibility index (Phi) is 9.43. The predicted molar refractivity (Wildman–Crippen MR) is 181 cm³/mol. The van der Waals surface area contributed by atoms with Crippen LogP contribution >= 0.6 is 11.6 Å². The van der Waals surface area contributed by atoms with E-state index in [9.17, 15) is 9.59 Å². The molecule has 10 heteroatoms. The molecule has 0 bridgehead atoms. The largest absolute Gasteiger partial charge is 0.493 e. The van der Waals surface area contributed by atoms with Gasteiger partial charge in [-0.15, -0.1) is 0 Å². The molecule has 2 fully saturated rings. The van der Waals surface area contributed by atoms with E-state index in [0.717, 1.165) is 67.1 Å². The zero-order valence-electron chi connectivity index (χ0n) is 27.4. The van der Waals surface area contributed by atoms with Gasteiger partial charge in [-0.25, -0.2) is 4.98 Å². The number of fused-ring (bicyclic) bond motifs is 1. The Morgan fingerprint density at radius 1 is 1.00 bits per heavy atom. The first-order valence-corrected chi connectivity index (χ1v) is 16.6. The number of rotatable bonds is 9. The number of benzene rings is 2. The predicted octanol–water partition coefficient (Wildman–Crippen LogP) is 5.94. The van der Waals surface area contributed by atoms with Crippen LogP contribution in [0.2, 0.25) is 5.02 Å². The van der Waals surface area contributed by atoms with Crippen LogP contribution < -0.4 is 19.3 Å². The van der Waals surface area contributed by atoms with E-state index in [2.05, 4.69) is 16.8 Å². The molecule has 0 spiro atoms. The number of amides is 2. The highest BCUT2D eigenvalue weighted by molar-refractivity contribution is 6.30. The smallest absolute Gasteiger partial charge is 0.237 e. The van der Waals surface area contributed by atoms with E-state index < -0.39 is 0 Å². The summed E-state index contributed by atoms with van der Waals surface area (Å²) in [6.45, 7) is 6.18. The standard InChI is InChI=1S/C36H44ClN5O4/c1-23(2)46-32-18-30-26(16-31(32)45-5)17-34(43)42(36(30)25-8-10-27(37)11-9-25)29-14-15-33(38-19-29)39(3)20-24-6-12-28(13-7-24)41-21-35(44)40(4)22-41/h8-11,14-16,18-19,23-24,28,36H,6-7,12-13,17,20-22H2,1-5H3/t24?,28?,36-/m0/s1. The van der Waals surface area contributed by atoms with Crippen molar-refractivity contribution in [2.24, 2.45) is 5.92 Å². The van der Waals surface area contributed by atoms with E-state index in [4.69, 9.17) is 26.1 Å². The third-order valence-corrected chi connectivity index (χ3v) is 9.81. The lowest BCUT2D eigenvalue weighted by Crippen LogP contribution is -2.41. The Balaban J connectivity index is 1.21. The summed E-state index contributed by atoms with van der Waals surface area (Å²) in [4.78, 5) is 38.9. The molecule has 1 aromatic heterocycles. The van der Waals surface area contributed by atoms with Crippen LogP contribution in [0.25, 0.3) is 0 Å². The minimum absolute atomic E-state index is 0.0161. The summed E-state index contributed by atoms with van der Waals surface area (Å²) in [7, 11) is 5.59. The topological polar surface area (TPSA) is 78.5 Å². The van der Waals surface area contributed by atoms with Crippen LogP contribution in [0.4, 0.5) is 11.5 Å². The summed E-state index contributed by atoms with van der Waals surface area (Å²) in [5.74, 6) is 2.92. The molecule has 1 saturated heterocycles. The van der Waals surface area contributed by atoms with Crippen molar-refractivity contribution in [2.45, 2.75) is 64.1 Å². The fourth-order valence-electron chi connectivity index (χ4n) is 7.19. The van der Waals surface area contributed by atoms with Crippen LogP contribution in [0.5, 0.6) is 11.5 Å². The number of methoxy groups -OCH3 is 1. The Morgan fingerprint density at radius 2 is 1.74 bits per heavy atom. The number of hydrogen-bond acceptors (Lipinski definition) is 7. The summed E-state index contributed by atoms with van der Waals surface area (Å²) in [6, 6.07) is 15.7. The lowest BCUT2D eigenvalue weighted by Gasteiger charge is -2.38. The summed E-state index contributed by atoms with van der Waals surface area (Å²) >= 11 is 6.27. The first kappa shape index (κ1) is 32.1. The zero-order chi connectivity index (χ0) is 32.5. The van der Waals surface area contributed by atoms with Crippen LogP contribution in [-0.4, -0.2) is 79.7 Å². The van der Waals surface area contributed by atoms with Crippen molar-refractivity contribution in [2.75, 3.05) is 50.8 Å². The van der Waals surface area contributed by atoms with Crippen LogP contribution in [0.15, 0.2) is 54.7 Å². The van der Waals surface area contributed by atoms with Gasteiger partial charge in [0.25, 0.3) is 0 Å². The van der Waals surface area contributed by atoms with Crippen molar-refractivity contribution in [3.05, 3.63) is 76.4 Å². The monoisotopic (exact) mass is 645 g/mol. The van der Waals surface area contributed by atoms with Crippen molar-refractivity contribution in [3.8, 4) is 11.5 Å². The molecule has 244 valence electrons. The van der Waals surface area contributed by atoms with Gasteiger partial charge in [0.15, 0.2) is 11.5 Å². The summed E-state index contributed by atoms with van der Waals surface area (Å²) in [5, 5.41) is 0.637. The van der Waals surface area contributed by atoms with E-state index in [1.165, 1.54) is 0 Å². The highest BCUT2D eigenvalue weighted by atomic mass is 35.5. The second kappa shape index (κ2) is 13.5. The molecular formula is C36H44ClN5O4. The van der Waals surface area contributed by atoms with Gasteiger partial charge >= 0.3 is 0 Å². The van der Waals surface area contributed by atoms with E-state index >= 15 is 0 Å². The van der Waals surface area contributed by atoms with Gasteiger partial charge in [-0.3, -0.25) is 19.4 Å². The fourth-order valence-corrected chi connectivity index (χ4v) is 7.32. The molecule has 0 unspecified atom stereocenters. The number of pyridine rings is 1. The van der Waals surface area contributed by atoms with E-state index in [0.29, 0.717) is 35.0 Å². The molecule has 46 heavy (non-hydrogen) atoms. The molecular weight excluding hydrogens is 602 g/mol.